The van der Waals surface area contributed by atoms with Crippen molar-refractivity contribution in [1.82, 2.24) is 9.78 Å². The molecule has 1 aromatic heterocycles. The molecule has 1 N–H and O–H groups in total. The number of amides is 1. The van der Waals surface area contributed by atoms with E-state index in [0.717, 1.165) is 23.5 Å². The zero-order valence-electron chi connectivity index (χ0n) is 21.5. The van der Waals surface area contributed by atoms with E-state index >= 15 is 0 Å². The Morgan fingerprint density at radius 3 is 2.31 bits per heavy atom. The summed E-state index contributed by atoms with van der Waals surface area (Å²) < 4.78 is 1.13. The molecule has 0 aliphatic carbocycles. The summed E-state index contributed by atoms with van der Waals surface area (Å²) in [4.78, 5) is 27.3. The molecule has 3 rings (SSSR count). The molecule has 1 amide bonds. The lowest BCUT2D eigenvalue weighted by molar-refractivity contribution is -0.114. The fraction of sp³-hybridized carbons (Fsp3) is 0.333. The van der Waals surface area contributed by atoms with Gasteiger partial charge in [-0.3, -0.25) is 9.59 Å². The van der Waals surface area contributed by atoms with Gasteiger partial charge in [0, 0.05) is 36.7 Å². The minimum Gasteiger partial charge on any atom is -0.372 e. The van der Waals surface area contributed by atoms with E-state index in [0.29, 0.717) is 22.6 Å². The molecule has 0 radical (unpaired) electrons. The molecular formula is C27H31N7O2. The first-order valence-corrected chi connectivity index (χ1v) is 11.8. The number of hydrogen-bond donors (Lipinski definition) is 1. The second-order valence-corrected chi connectivity index (χ2v) is 9.25. The molecule has 36 heavy (non-hydrogen) atoms. The number of carbonyl (C=O) groups excluding carboxylic acids is 2. The van der Waals surface area contributed by atoms with Gasteiger partial charge < -0.3 is 10.2 Å². The molecule has 186 valence electrons. The lowest BCUT2D eigenvalue weighted by Crippen LogP contribution is -2.21. The first-order chi connectivity index (χ1) is 17.1. The molecule has 0 atom stereocenters. The fourth-order valence-corrected chi connectivity index (χ4v) is 3.76. The van der Waals surface area contributed by atoms with Crippen LogP contribution in [0.3, 0.4) is 0 Å². The van der Waals surface area contributed by atoms with Crippen LogP contribution >= 0.6 is 0 Å². The maximum Gasteiger partial charge on any atom is 0.280 e. The summed E-state index contributed by atoms with van der Waals surface area (Å²) >= 11 is 0. The molecule has 0 saturated carbocycles. The normalized spacial score (nSPS) is 11.4. The van der Waals surface area contributed by atoms with Crippen molar-refractivity contribution < 1.29 is 9.59 Å². The van der Waals surface area contributed by atoms with Gasteiger partial charge in [-0.1, -0.05) is 39.0 Å². The van der Waals surface area contributed by atoms with Crippen LogP contribution in [-0.4, -0.2) is 34.7 Å². The van der Waals surface area contributed by atoms with Crippen molar-refractivity contribution >= 4 is 34.7 Å². The van der Waals surface area contributed by atoms with Crippen molar-refractivity contribution in [2.45, 2.75) is 47.0 Å². The van der Waals surface area contributed by atoms with E-state index in [9.17, 15) is 14.9 Å². The fourth-order valence-electron chi connectivity index (χ4n) is 3.76. The van der Waals surface area contributed by atoms with E-state index in [2.05, 4.69) is 45.5 Å². The average Bonchev–Trinajstić information content (AvgIpc) is 3.23. The van der Waals surface area contributed by atoms with Gasteiger partial charge in [0.1, 0.15) is 17.3 Å². The Morgan fingerprint density at radius 2 is 1.75 bits per heavy atom. The van der Waals surface area contributed by atoms with Gasteiger partial charge in [0.05, 0.1) is 11.4 Å². The van der Waals surface area contributed by atoms with Gasteiger partial charge in [-0.15, -0.1) is 10.2 Å². The van der Waals surface area contributed by atoms with Crippen LogP contribution in [0.25, 0.3) is 0 Å². The third-order valence-electron chi connectivity index (χ3n) is 5.57. The largest absolute Gasteiger partial charge is 0.372 e. The standard InChI is InChI=1S/C27H31N7O2/c1-7-33(8-2)20-14-15-22(23(16-20)29-18(3)35)30-31-25-21(17-28)24(27(4,5)6)32-34(25)26(36)19-12-10-9-11-13-19/h9-16H,7-8H2,1-6H3,(H,29,35). The highest BCUT2D eigenvalue weighted by atomic mass is 16.2. The van der Waals surface area contributed by atoms with Crippen molar-refractivity contribution in [3.8, 4) is 6.07 Å². The predicted octanol–water partition coefficient (Wildman–Crippen LogP) is 5.96. The van der Waals surface area contributed by atoms with Gasteiger partial charge in [-0.2, -0.15) is 15.0 Å². The summed E-state index contributed by atoms with van der Waals surface area (Å²) in [5.74, 6) is -0.631. The SMILES string of the molecule is CCN(CC)c1ccc(N=Nc2c(C#N)c(C(C)(C)C)nn2C(=O)c2ccccc2)c(NC(C)=O)c1. The molecule has 0 bridgehead atoms. The number of anilines is 2. The first kappa shape index (κ1) is 26.3. The van der Waals surface area contributed by atoms with Gasteiger partial charge in [0.25, 0.3) is 5.91 Å². The summed E-state index contributed by atoms with van der Waals surface area (Å²) in [6.45, 7) is 12.9. The number of nitriles is 1. The van der Waals surface area contributed by atoms with Crippen molar-refractivity contribution in [2.24, 2.45) is 10.2 Å². The number of aromatic nitrogens is 2. The Hall–Kier alpha value is -4.32. The van der Waals surface area contributed by atoms with Gasteiger partial charge >= 0.3 is 0 Å². The average molecular weight is 486 g/mol. The molecule has 0 aliphatic rings. The van der Waals surface area contributed by atoms with Crippen LogP contribution in [0.1, 0.15) is 63.2 Å². The second-order valence-electron chi connectivity index (χ2n) is 9.25. The highest BCUT2D eigenvalue weighted by Gasteiger charge is 2.30. The zero-order valence-corrected chi connectivity index (χ0v) is 21.5. The maximum atomic E-state index is 13.3. The quantitative estimate of drug-likeness (QED) is 0.415. The Kier molecular flexibility index (Phi) is 8.00. The van der Waals surface area contributed by atoms with Crippen LogP contribution < -0.4 is 10.2 Å². The molecule has 9 heteroatoms. The summed E-state index contributed by atoms with van der Waals surface area (Å²) in [6.07, 6.45) is 0. The van der Waals surface area contributed by atoms with Crippen LogP contribution in [0.5, 0.6) is 0 Å². The number of nitrogens with one attached hydrogen (secondary N) is 1. The molecule has 2 aromatic carbocycles. The number of benzene rings is 2. The van der Waals surface area contributed by atoms with Crippen LogP contribution in [0.2, 0.25) is 0 Å². The minimum atomic E-state index is -0.510. The lowest BCUT2D eigenvalue weighted by atomic mass is 9.90. The van der Waals surface area contributed by atoms with E-state index in [1.165, 1.54) is 6.92 Å². The van der Waals surface area contributed by atoms with Gasteiger partial charge in [-0.25, -0.2) is 0 Å². The molecule has 0 fully saturated rings. The second kappa shape index (κ2) is 11.0. The van der Waals surface area contributed by atoms with Crippen LogP contribution in [0.4, 0.5) is 22.9 Å². The molecular weight excluding hydrogens is 454 g/mol. The molecule has 0 aliphatic heterocycles. The number of carbonyl (C=O) groups is 2. The smallest absolute Gasteiger partial charge is 0.280 e. The van der Waals surface area contributed by atoms with E-state index in [-0.39, 0.29) is 17.3 Å². The number of rotatable bonds is 7. The monoisotopic (exact) mass is 485 g/mol. The number of nitrogens with zero attached hydrogens (tertiary/aromatic N) is 6. The Labute approximate surface area is 211 Å². The third-order valence-corrected chi connectivity index (χ3v) is 5.57. The molecule has 0 spiro atoms. The van der Waals surface area contributed by atoms with Crippen LogP contribution in [0.15, 0.2) is 58.8 Å². The maximum absolute atomic E-state index is 13.3. The van der Waals surface area contributed by atoms with Crippen LogP contribution in [0, 0.1) is 11.3 Å². The molecule has 0 saturated heterocycles. The van der Waals surface area contributed by atoms with Crippen molar-refractivity contribution in [3.63, 3.8) is 0 Å². The summed E-state index contributed by atoms with van der Waals surface area (Å²) in [5, 5.41) is 25.9. The van der Waals surface area contributed by atoms with Gasteiger partial charge in [0.2, 0.25) is 5.91 Å². The van der Waals surface area contributed by atoms with Gasteiger partial charge in [-0.05, 0) is 44.2 Å². The summed E-state index contributed by atoms with van der Waals surface area (Å²) in [7, 11) is 0. The highest BCUT2D eigenvalue weighted by Crippen LogP contribution is 2.35. The van der Waals surface area contributed by atoms with Crippen LogP contribution in [-0.2, 0) is 10.2 Å². The van der Waals surface area contributed by atoms with E-state index in [1.807, 2.05) is 39.0 Å². The molecule has 9 nitrogen and oxygen atoms in total. The minimum absolute atomic E-state index is 0.0397. The topological polar surface area (TPSA) is 116 Å². The van der Waals surface area contributed by atoms with Crippen molar-refractivity contribution in [1.29, 1.82) is 5.26 Å². The van der Waals surface area contributed by atoms with Crippen molar-refractivity contribution in [2.75, 3.05) is 23.3 Å². The van der Waals surface area contributed by atoms with Crippen molar-refractivity contribution in [3.05, 3.63) is 65.4 Å². The molecule has 3 aromatic rings. The molecule has 1 heterocycles. The highest BCUT2D eigenvalue weighted by molar-refractivity contribution is 5.97. The first-order valence-electron chi connectivity index (χ1n) is 11.8. The predicted molar refractivity (Wildman–Crippen MR) is 140 cm³/mol. The number of azo groups is 1. The lowest BCUT2D eigenvalue weighted by Gasteiger charge is -2.22. The summed E-state index contributed by atoms with van der Waals surface area (Å²) in [5.41, 5.74) is 2.32. The molecule has 0 unspecified atom stereocenters. The third kappa shape index (κ3) is 5.66. The Morgan fingerprint density at radius 1 is 1.08 bits per heavy atom. The van der Waals surface area contributed by atoms with E-state index in [4.69, 9.17) is 0 Å². The number of hydrogen-bond acceptors (Lipinski definition) is 7. The Balaban J connectivity index is 2.16. The Bertz CT molecular complexity index is 1320. The van der Waals surface area contributed by atoms with E-state index < -0.39 is 11.3 Å². The van der Waals surface area contributed by atoms with Gasteiger partial charge in [0.15, 0.2) is 5.82 Å². The summed E-state index contributed by atoms with van der Waals surface area (Å²) in [6, 6.07) is 16.3. The van der Waals surface area contributed by atoms with E-state index in [1.54, 1.807) is 30.3 Å². The zero-order chi connectivity index (χ0) is 26.5.